The Morgan fingerprint density at radius 3 is 2.07 bits per heavy atom. The number of phenols is 1. The summed E-state index contributed by atoms with van der Waals surface area (Å²) < 4.78 is 4.59. The van der Waals surface area contributed by atoms with Crippen molar-refractivity contribution in [1.82, 2.24) is 0 Å². The van der Waals surface area contributed by atoms with E-state index in [1.54, 1.807) is 0 Å². The minimum atomic E-state index is -0.947. The summed E-state index contributed by atoms with van der Waals surface area (Å²) in [7, 11) is 1.19. The van der Waals surface area contributed by atoms with Gasteiger partial charge in [0.1, 0.15) is 0 Å². The van der Waals surface area contributed by atoms with Crippen LogP contribution in [-0.2, 0) is 0 Å². The summed E-state index contributed by atoms with van der Waals surface area (Å²) >= 11 is 0. The average molecular weight is 214 g/mol. The van der Waals surface area contributed by atoms with Crippen LogP contribution in [0.1, 0.15) is 0 Å². The van der Waals surface area contributed by atoms with Crippen LogP contribution in [0.3, 0.4) is 0 Å². The molecule has 0 saturated carbocycles. The van der Waals surface area contributed by atoms with E-state index in [2.05, 4.69) is 4.74 Å². The Balaban J connectivity index is 3.45. The highest BCUT2D eigenvalue weighted by atomic mass is 16.6. The molecule has 8 heteroatoms. The molecule has 0 aliphatic rings. The molecule has 0 amide bonds. The van der Waals surface area contributed by atoms with Crippen LogP contribution in [0.2, 0.25) is 0 Å². The van der Waals surface area contributed by atoms with Gasteiger partial charge in [-0.3, -0.25) is 20.2 Å². The van der Waals surface area contributed by atoms with Crippen molar-refractivity contribution in [2.45, 2.75) is 0 Å². The smallest absolute Gasteiger partial charge is 0.350 e. The van der Waals surface area contributed by atoms with Crippen LogP contribution >= 0.6 is 0 Å². The molecule has 15 heavy (non-hydrogen) atoms. The fourth-order valence-corrected chi connectivity index (χ4v) is 1.00. The van der Waals surface area contributed by atoms with Crippen LogP contribution in [0, 0.1) is 20.2 Å². The van der Waals surface area contributed by atoms with E-state index < -0.39 is 27.0 Å². The Bertz CT molecular complexity index is 430. The van der Waals surface area contributed by atoms with Crippen molar-refractivity contribution in [2.24, 2.45) is 0 Å². The van der Waals surface area contributed by atoms with E-state index >= 15 is 0 Å². The maximum atomic E-state index is 10.5. The zero-order valence-electron chi connectivity index (χ0n) is 7.54. The third kappa shape index (κ3) is 1.93. The summed E-state index contributed by atoms with van der Waals surface area (Å²) in [4.78, 5) is 19.0. The van der Waals surface area contributed by atoms with Crippen LogP contribution in [0.4, 0.5) is 11.4 Å². The van der Waals surface area contributed by atoms with Gasteiger partial charge in [-0.1, -0.05) is 0 Å². The molecular weight excluding hydrogens is 208 g/mol. The quantitative estimate of drug-likeness (QED) is 0.597. The fourth-order valence-electron chi connectivity index (χ4n) is 1.00. The van der Waals surface area contributed by atoms with E-state index in [-0.39, 0.29) is 5.75 Å². The number of rotatable bonds is 3. The second-order valence-corrected chi connectivity index (χ2v) is 2.53. The summed E-state index contributed by atoms with van der Waals surface area (Å²) in [5.74, 6) is -0.706. The molecule has 80 valence electrons. The molecule has 8 nitrogen and oxygen atoms in total. The molecule has 0 saturated heterocycles. The minimum absolute atomic E-state index is 0.188. The van der Waals surface area contributed by atoms with E-state index in [1.165, 1.54) is 7.11 Å². The van der Waals surface area contributed by atoms with Crippen molar-refractivity contribution in [3.63, 3.8) is 0 Å². The molecule has 1 aromatic carbocycles. The maximum absolute atomic E-state index is 10.5. The first-order valence-electron chi connectivity index (χ1n) is 3.67. The van der Waals surface area contributed by atoms with Crippen LogP contribution < -0.4 is 4.74 Å². The Hall–Kier alpha value is -2.38. The maximum Gasteiger partial charge on any atom is 0.350 e. The number of nitro benzene ring substituents is 2. The van der Waals surface area contributed by atoms with Crippen LogP contribution in [0.25, 0.3) is 0 Å². The molecule has 0 radical (unpaired) electrons. The Kier molecular flexibility index (Phi) is 2.70. The van der Waals surface area contributed by atoms with Crippen LogP contribution in [0.5, 0.6) is 11.5 Å². The third-order valence-electron chi connectivity index (χ3n) is 1.67. The van der Waals surface area contributed by atoms with Crippen molar-refractivity contribution < 1.29 is 19.7 Å². The van der Waals surface area contributed by atoms with Crippen molar-refractivity contribution in [3.8, 4) is 11.5 Å². The zero-order valence-corrected chi connectivity index (χ0v) is 7.54. The first-order chi connectivity index (χ1) is 6.97. The van der Waals surface area contributed by atoms with Crippen molar-refractivity contribution in [2.75, 3.05) is 7.11 Å². The van der Waals surface area contributed by atoms with Crippen molar-refractivity contribution in [3.05, 3.63) is 32.4 Å². The molecular formula is C7H6N2O6. The minimum Gasteiger partial charge on any atom is -0.504 e. The number of ether oxygens (including phenoxy) is 1. The topological polar surface area (TPSA) is 116 Å². The number of benzene rings is 1. The lowest BCUT2D eigenvalue weighted by Gasteiger charge is -2.02. The van der Waals surface area contributed by atoms with Gasteiger partial charge in [-0.25, -0.2) is 0 Å². The van der Waals surface area contributed by atoms with E-state index in [4.69, 9.17) is 0 Å². The van der Waals surface area contributed by atoms with Crippen LogP contribution in [0.15, 0.2) is 12.1 Å². The van der Waals surface area contributed by atoms with Crippen molar-refractivity contribution in [1.29, 1.82) is 0 Å². The monoisotopic (exact) mass is 214 g/mol. The normalized spacial score (nSPS) is 9.67. The zero-order chi connectivity index (χ0) is 11.6. The van der Waals surface area contributed by atoms with Gasteiger partial charge in [0.2, 0.25) is 0 Å². The molecule has 1 aromatic rings. The molecule has 0 fully saturated rings. The second-order valence-electron chi connectivity index (χ2n) is 2.53. The summed E-state index contributed by atoms with van der Waals surface area (Å²) in [5.41, 5.74) is -1.51. The van der Waals surface area contributed by atoms with E-state index in [1.807, 2.05) is 0 Å². The average Bonchev–Trinajstić information content (AvgIpc) is 2.16. The highest BCUT2D eigenvalue weighted by Crippen LogP contribution is 2.37. The van der Waals surface area contributed by atoms with Crippen molar-refractivity contribution >= 4 is 11.4 Å². The van der Waals surface area contributed by atoms with Gasteiger partial charge in [0.05, 0.1) is 29.1 Å². The molecule has 0 atom stereocenters. The van der Waals surface area contributed by atoms with E-state index in [9.17, 15) is 25.3 Å². The number of aromatic hydroxyl groups is 1. The number of phenolic OH excluding ortho intramolecular Hbond substituents is 1. The van der Waals surface area contributed by atoms with Gasteiger partial charge in [0, 0.05) is 0 Å². The number of nitrogens with zero attached hydrogens (tertiary/aromatic N) is 2. The van der Waals surface area contributed by atoms with Gasteiger partial charge < -0.3 is 9.84 Å². The molecule has 0 spiro atoms. The fraction of sp³-hybridized carbons (Fsp3) is 0.143. The molecule has 1 N–H and O–H groups in total. The largest absolute Gasteiger partial charge is 0.504 e. The molecule has 0 unspecified atom stereocenters. The summed E-state index contributed by atoms with van der Waals surface area (Å²) in [6.45, 7) is 0. The summed E-state index contributed by atoms with van der Waals surface area (Å²) in [5, 5.41) is 30.1. The van der Waals surface area contributed by atoms with Gasteiger partial charge in [-0.2, -0.15) is 0 Å². The Morgan fingerprint density at radius 1 is 1.20 bits per heavy atom. The molecule has 0 heterocycles. The second kappa shape index (κ2) is 3.78. The van der Waals surface area contributed by atoms with Gasteiger partial charge in [-0.05, 0) is 0 Å². The van der Waals surface area contributed by atoms with Gasteiger partial charge >= 0.3 is 11.4 Å². The first kappa shape index (κ1) is 10.7. The lowest BCUT2D eigenvalue weighted by Crippen LogP contribution is -1.97. The predicted molar refractivity (Wildman–Crippen MR) is 48.0 cm³/mol. The number of hydrogen-bond acceptors (Lipinski definition) is 6. The Labute approximate surface area is 83.0 Å². The summed E-state index contributed by atoms with van der Waals surface area (Å²) in [6.07, 6.45) is 0. The lowest BCUT2D eigenvalue weighted by molar-refractivity contribution is -0.422. The molecule has 0 bridgehead atoms. The Morgan fingerprint density at radius 2 is 1.67 bits per heavy atom. The highest BCUT2D eigenvalue weighted by molar-refractivity contribution is 5.61. The van der Waals surface area contributed by atoms with E-state index in [0.29, 0.717) is 6.07 Å². The van der Waals surface area contributed by atoms with Crippen LogP contribution in [-0.4, -0.2) is 22.1 Å². The molecule has 0 aromatic heterocycles. The number of nitro groups is 2. The molecule has 0 aliphatic carbocycles. The third-order valence-corrected chi connectivity index (χ3v) is 1.67. The number of methoxy groups -OCH3 is 1. The van der Waals surface area contributed by atoms with Gasteiger partial charge in [0.25, 0.3) is 0 Å². The standard InChI is InChI=1S/C7H6N2O6/c1-15-7-3-5(9(13)14)4(8(11)12)2-6(7)10/h2-3,10H,1H3. The van der Waals surface area contributed by atoms with E-state index in [0.717, 1.165) is 6.07 Å². The highest BCUT2D eigenvalue weighted by Gasteiger charge is 2.27. The molecule has 1 rings (SSSR count). The lowest BCUT2D eigenvalue weighted by atomic mass is 10.2. The molecule has 0 aliphatic heterocycles. The number of hydrogen-bond donors (Lipinski definition) is 1. The SMILES string of the molecule is COc1cc([N+](=O)[O-])c([N+](=O)[O-])cc1O. The first-order valence-corrected chi connectivity index (χ1v) is 3.67. The predicted octanol–water partition coefficient (Wildman–Crippen LogP) is 1.22. The van der Waals surface area contributed by atoms with Gasteiger partial charge in [0.15, 0.2) is 11.5 Å². The summed E-state index contributed by atoms with van der Waals surface area (Å²) in [6, 6.07) is 1.48. The van der Waals surface area contributed by atoms with Gasteiger partial charge in [-0.15, -0.1) is 0 Å².